The standard InChI is InChI=1S/C12H25N3O/c1-9(16)10-6-12(14-11-2-3-11)8-15(7-10)5-4-13/h9-12,14,16H,2-8,13H2,1H3. The third-order valence-electron chi connectivity index (χ3n) is 3.73. The normalized spacial score (nSPS) is 33.9. The van der Waals surface area contributed by atoms with Gasteiger partial charge >= 0.3 is 0 Å². The van der Waals surface area contributed by atoms with E-state index in [0.717, 1.165) is 32.1 Å². The van der Waals surface area contributed by atoms with Crippen molar-refractivity contribution in [3.63, 3.8) is 0 Å². The lowest BCUT2D eigenvalue weighted by Gasteiger charge is -2.39. The van der Waals surface area contributed by atoms with Crippen LogP contribution >= 0.6 is 0 Å². The highest BCUT2D eigenvalue weighted by atomic mass is 16.3. The molecular weight excluding hydrogens is 202 g/mol. The van der Waals surface area contributed by atoms with Gasteiger partial charge < -0.3 is 21.1 Å². The molecule has 3 unspecified atom stereocenters. The summed E-state index contributed by atoms with van der Waals surface area (Å²) >= 11 is 0. The van der Waals surface area contributed by atoms with Crippen molar-refractivity contribution in [3.8, 4) is 0 Å². The maximum Gasteiger partial charge on any atom is 0.0553 e. The molecule has 1 aliphatic heterocycles. The maximum absolute atomic E-state index is 9.74. The summed E-state index contributed by atoms with van der Waals surface area (Å²) in [7, 11) is 0. The zero-order chi connectivity index (χ0) is 11.5. The van der Waals surface area contributed by atoms with Crippen LogP contribution in [0.4, 0.5) is 0 Å². The molecule has 0 bridgehead atoms. The molecule has 0 aromatic heterocycles. The highest BCUT2D eigenvalue weighted by Gasteiger charge is 2.32. The van der Waals surface area contributed by atoms with Crippen molar-refractivity contribution in [2.75, 3.05) is 26.2 Å². The van der Waals surface area contributed by atoms with Gasteiger partial charge in [0.25, 0.3) is 0 Å². The fraction of sp³-hybridized carbons (Fsp3) is 1.00. The third kappa shape index (κ3) is 3.42. The van der Waals surface area contributed by atoms with Crippen LogP contribution in [0.2, 0.25) is 0 Å². The summed E-state index contributed by atoms with van der Waals surface area (Å²) in [6, 6.07) is 1.30. The summed E-state index contributed by atoms with van der Waals surface area (Å²) in [5, 5.41) is 13.4. The average Bonchev–Trinajstić information content (AvgIpc) is 3.01. The Morgan fingerprint density at radius 2 is 2.12 bits per heavy atom. The zero-order valence-electron chi connectivity index (χ0n) is 10.2. The Morgan fingerprint density at radius 1 is 1.38 bits per heavy atom. The topological polar surface area (TPSA) is 61.5 Å². The van der Waals surface area contributed by atoms with Crippen molar-refractivity contribution >= 4 is 0 Å². The van der Waals surface area contributed by atoms with Crippen molar-refractivity contribution < 1.29 is 5.11 Å². The van der Waals surface area contributed by atoms with Crippen LogP contribution in [-0.2, 0) is 0 Å². The Morgan fingerprint density at radius 3 is 2.69 bits per heavy atom. The quantitative estimate of drug-likeness (QED) is 0.607. The number of piperidine rings is 1. The van der Waals surface area contributed by atoms with Crippen LogP contribution in [0.3, 0.4) is 0 Å². The first-order valence-corrected chi connectivity index (χ1v) is 6.55. The number of hydrogen-bond donors (Lipinski definition) is 3. The first-order chi connectivity index (χ1) is 7.69. The number of rotatable bonds is 5. The Labute approximate surface area is 98.2 Å². The van der Waals surface area contributed by atoms with Gasteiger partial charge in [0.15, 0.2) is 0 Å². The summed E-state index contributed by atoms with van der Waals surface area (Å²) in [6.45, 7) is 5.66. The number of aliphatic hydroxyl groups is 1. The van der Waals surface area contributed by atoms with E-state index in [2.05, 4.69) is 10.2 Å². The average molecular weight is 227 g/mol. The number of likely N-dealkylation sites (tertiary alicyclic amines) is 1. The van der Waals surface area contributed by atoms with E-state index in [1.807, 2.05) is 6.92 Å². The van der Waals surface area contributed by atoms with Crippen molar-refractivity contribution in [2.24, 2.45) is 11.7 Å². The summed E-state index contributed by atoms with van der Waals surface area (Å²) < 4.78 is 0. The lowest BCUT2D eigenvalue weighted by atomic mass is 9.90. The Bertz CT molecular complexity index is 218. The molecule has 1 heterocycles. The molecule has 4 heteroatoms. The van der Waals surface area contributed by atoms with E-state index in [-0.39, 0.29) is 6.10 Å². The molecule has 1 saturated carbocycles. The second-order valence-corrected chi connectivity index (χ2v) is 5.42. The molecule has 1 saturated heterocycles. The molecular formula is C12H25N3O. The molecule has 0 aromatic carbocycles. The second kappa shape index (κ2) is 5.45. The van der Waals surface area contributed by atoms with Gasteiger partial charge in [-0.05, 0) is 32.1 Å². The molecule has 0 spiro atoms. The predicted octanol–water partition coefficient (Wildman–Crippen LogP) is -0.232. The van der Waals surface area contributed by atoms with Crippen molar-refractivity contribution in [1.82, 2.24) is 10.2 Å². The van der Waals surface area contributed by atoms with Gasteiger partial charge in [-0.25, -0.2) is 0 Å². The number of nitrogens with zero attached hydrogens (tertiary/aromatic N) is 1. The lowest BCUT2D eigenvalue weighted by molar-refractivity contribution is 0.0490. The molecule has 2 fully saturated rings. The summed E-state index contributed by atoms with van der Waals surface area (Å²) in [4.78, 5) is 2.39. The molecule has 2 rings (SSSR count). The molecule has 4 nitrogen and oxygen atoms in total. The highest BCUT2D eigenvalue weighted by molar-refractivity contribution is 4.91. The van der Waals surface area contributed by atoms with E-state index in [1.165, 1.54) is 12.8 Å². The third-order valence-corrected chi connectivity index (χ3v) is 3.73. The number of nitrogens with two attached hydrogens (primary N) is 1. The first-order valence-electron chi connectivity index (χ1n) is 6.55. The molecule has 0 radical (unpaired) electrons. The Hall–Kier alpha value is -0.160. The number of nitrogens with one attached hydrogen (secondary N) is 1. The van der Waals surface area contributed by atoms with Crippen LogP contribution in [-0.4, -0.2) is 54.4 Å². The van der Waals surface area contributed by atoms with Crippen molar-refractivity contribution in [2.45, 2.75) is 44.4 Å². The van der Waals surface area contributed by atoms with Crippen molar-refractivity contribution in [1.29, 1.82) is 0 Å². The van der Waals surface area contributed by atoms with E-state index in [0.29, 0.717) is 18.5 Å². The monoisotopic (exact) mass is 227 g/mol. The molecule has 0 aromatic rings. The van der Waals surface area contributed by atoms with Crippen LogP contribution in [0.25, 0.3) is 0 Å². The zero-order valence-corrected chi connectivity index (χ0v) is 10.2. The second-order valence-electron chi connectivity index (χ2n) is 5.42. The Balaban J connectivity index is 1.86. The highest BCUT2D eigenvalue weighted by Crippen LogP contribution is 2.25. The first kappa shape index (κ1) is 12.3. The lowest BCUT2D eigenvalue weighted by Crippen LogP contribution is -2.52. The van der Waals surface area contributed by atoms with Crippen LogP contribution in [0, 0.1) is 5.92 Å². The van der Waals surface area contributed by atoms with Gasteiger partial charge in [0.1, 0.15) is 0 Å². The van der Waals surface area contributed by atoms with Crippen LogP contribution < -0.4 is 11.1 Å². The predicted molar refractivity (Wildman–Crippen MR) is 65.2 cm³/mol. The van der Waals surface area contributed by atoms with Crippen LogP contribution in [0.15, 0.2) is 0 Å². The fourth-order valence-corrected chi connectivity index (χ4v) is 2.65. The van der Waals surface area contributed by atoms with E-state index >= 15 is 0 Å². The van der Waals surface area contributed by atoms with E-state index in [4.69, 9.17) is 5.73 Å². The van der Waals surface area contributed by atoms with E-state index in [1.54, 1.807) is 0 Å². The van der Waals surface area contributed by atoms with Gasteiger partial charge in [0, 0.05) is 38.3 Å². The Kier molecular flexibility index (Phi) is 4.19. The largest absolute Gasteiger partial charge is 0.393 e. The minimum Gasteiger partial charge on any atom is -0.393 e. The molecule has 4 N–H and O–H groups in total. The summed E-state index contributed by atoms with van der Waals surface area (Å²) in [5.41, 5.74) is 5.62. The molecule has 16 heavy (non-hydrogen) atoms. The minimum absolute atomic E-state index is 0.205. The van der Waals surface area contributed by atoms with Gasteiger partial charge in [-0.1, -0.05) is 0 Å². The molecule has 1 aliphatic carbocycles. The van der Waals surface area contributed by atoms with Crippen molar-refractivity contribution in [3.05, 3.63) is 0 Å². The van der Waals surface area contributed by atoms with Gasteiger partial charge in [0.05, 0.1) is 6.10 Å². The van der Waals surface area contributed by atoms with Gasteiger partial charge in [-0.2, -0.15) is 0 Å². The molecule has 94 valence electrons. The van der Waals surface area contributed by atoms with Crippen LogP contribution in [0.1, 0.15) is 26.2 Å². The van der Waals surface area contributed by atoms with Gasteiger partial charge in [-0.15, -0.1) is 0 Å². The van der Waals surface area contributed by atoms with E-state index in [9.17, 15) is 5.11 Å². The van der Waals surface area contributed by atoms with Gasteiger partial charge in [0.2, 0.25) is 0 Å². The number of hydrogen-bond acceptors (Lipinski definition) is 4. The molecule has 2 aliphatic rings. The summed E-state index contributed by atoms with van der Waals surface area (Å²) in [5.74, 6) is 0.400. The summed E-state index contributed by atoms with van der Waals surface area (Å²) in [6.07, 6.45) is 3.55. The van der Waals surface area contributed by atoms with E-state index < -0.39 is 0 Å². The molecule has 3 atom stereocenters. The fourth-order valence-electron chi connectivity index (χ4n) is 2.65. The minimum atomic E-state index is -0.205. The number of aliphatic hydroxyl groups excluding tert-OH is 1. The maximum atomic E-state index is 9.74. The molecule has 0 amide bonds. The SMILES string of the molecule is CC(O)C1CC(NC2CC2)CN(CCN)C1. The van der Waals surface area contributed by atoms with Crippen LogP contribution in [0.5, 0.6) is 0 Å². The smallest absolute Gasteiger partial charge is 0.0553 e. The van der Waals surface area contributed by atoms with Gasteiger partial charge in [-0.3, -0.25) is 0 Å².